The van der Waals surface area contributed by atoms with E-state index in [1.54, 1.807) is 30.5 Å². The van der Waals surface area contributed by atoms with Crippen LogP contribution < -0.4 is 16.0 Å². The fourth-order valence-electron chi connectivity index (χ4n) is 3.55. The zero-order valence-corrected chi connectivity index (χ0v) is 19.1. The smallest absolute Gasteiger partial charge is 0.324 e. The van der Waals surface area contributed by atoms with Crippen LogP contribution in [0.4, 0.5) is 10.5 Å². The van der Waals surface area contributed by atoms with Crippen LogP contribution >= 0.6 is 23.2 Å². The van der Waals surface area contributed by atoms with Gasteiger partial charge in [-0.15, -0.1) is 11.6 Å². The zero-order chi connectivity index (χ0) is 24.2. The van der Waals surface area contributed by atoms with E-state index in [2.05, 4.69) is 20.9 Å². The molecule has 1 saturated heterocycles. The maximum atomic E-state index is 13.3. The van der Waals surface area contributed by atoms with E-state index < -0.39 is 41.7 Å². The number of aromatic nitrogens is 1. The summed E-state index contributed by atoms with van der Waals surface area (Å²) >= 11 is 12.0. The lowest BCUT2D eigenvalue weighted by atomic mass is 10.1. The summed E-state index contributed by atoms with van der Waals surface area (Å²) in [5.74, 6) is -1.77. The molecule has 174 valence electrons. The first kappa shape index (κ1) is 23.5. The van der Waals surface area contributed by atoms with Crippen molar-refractivity contribution in [1.29, 1.82) is 0 Å². The Morgan fingerprint density at radius 2 is 1.94 bits per heavy atom. The van der Waals surface area contributed by atoms with E-state index in [-0.39, 0.29) is 6.54 Å². The first-order valence-electron chi connectivity index (χ1n) is 10.2. The highest BCUT2D eigenvalue weighted by Gasteiger charge is 2.33. The molecule has 2 aromatic carbocycles. The molecular formula is C23H19Cl2N5O4. The number of carbonyl (C=O) groups is 4. The zero-order valence-electron chi connectivity index (χ0n) is 17.6. The van der Waals surface area contributed by atoms with Crippen molar-refractivity contribution < 1.29 is 19.2 Å². The molecule has 0 aliphatic carbocycles. The van der Waals surface area contributed by atoms with Gasteiger partial charge >= 0.3 is 6.03 Å². The van der Waals surface area contributed by atoms with Gasteiger partial charge in [-0.2, -0.15) is 0 Å². The molecule has 5 amide bonds. The molecule has 0 radical (unpaired) electrons. The number of fused-ring (bicyclic) bond motifs is 1. The van der Waals surface area contributed by atoms with Crippen LogP contribution in [0.15, 0.2) is 60.9 Å². The SMILES string of the molecule is O=C(CN1CC(Cl)C(=O)NC1=O)NC(C(=O)Nc1cncc2ccccc12)c1cccc(Cl)c1. The summed E-state index contributed by atoms with van der Waals surface area (Å²) in [6, 6.07) is 12.1. The molecule has 3 N–H and O–H groups in total. The summed E-state index contributed by atoms with van der Waals surface area (Å²) in [4.78, 5) is 54.9. The number of amides is 5. The summed E-state index contributed by atoms with van der Waals surface area (Å²) in [6.45, 7) is -0.530. The van der Waals surface area contributed by atoms with Crippen LogP contribution in [0.3, 0.4) is 0 Å². The van der Waals surface area contributed by atoms with Crippen molar-refractivity contribution in [2.24, 2.45) is 0 Å². The summed E-state index contributed by atoms with van der Waals surface area (Å²) in [6.07, 6.45) is 3.20. The highest BCUT2D eigenvalue weighted by Crippen LogP contribution is 2.24. The van der Waals surface area contributed by atoms with Gasteiger partial charge in [0.15, 0.2) is 0 Å². The van der Waals surface area contributed by atoms with Crippen LogP contribution in [-0.4, -0.2) is 52.1 Å². The molecule has 1 aromatic heterocycles. The van der Waals surface area contributed by atoms with Gasteiger partial charge < -0.3 is 15.5 Å². The summed E-state index contributed by atoms with van der Waals surface area (Å²) in [5, 5.41) is 8.57. The van der Waals surface area contributed by atoms with Gasteiger partial charge in [-0.25, -0.2) is 4.79 Å². The van der Waals surface area contributed by atoms with Gasteiger partial charge in [0, 0.05) is 28.5 Å². The molecule has 1 aliphatic rings. The Kier molecular flexibility index (Phi) is 6.95. The van der Waals surface area contributed by atoms with Gasteiger partial charge in [0.1, 0.15) is 18.0 Å². The van der Waals surface area contributed by atoms with Crippen molar-refractivity contribution >= 4 is 63.4 Å². The number of benzene rings is 2. The molecule has 11 heteroatoms. The number of anilines is 1. The molecule has 34 heavy (non-hydrogen) atoms. The van der Waals surface area contributed by atoms with Crippen molar-refractivity contribution in [1.82, 2.24) is 20.5 Å². The van der Waals surface area contributed by atoms with E-state index in [0.29, 0.717) is 16.3 Å². The van der Waals surface area contributed by atoms with Crippen LogP contribution in [0.1, 0.15) is 11.6 Å². The second kappa shape index (κ2) is 10.1. The molecule has 1 fully saturated rings. The standard InChI is InChI=1S/C23H19Cl2N5O4/c24-15-6-3-5-13(8-15)20(28-19(31)12-30-11-17(25)21(32)29-23(30)34)22(33)27-18-10-26-9-14-4-1-2-7-16(14)18/h1-10,17,20H,11-12H2,(H,27,33)(H,28,31)(H,29,32,34). The topological polar surface area (TPSA) is 121 Å². The quantitative estimate of drug-likeness (QED) is 0.450. The van der Waals surface area contributed by atoms with Crippen LogP contribution in [-0.2, 0) is 14.4 Å². The minimum atomic E-state index is -1.12. The maximum Gasteiger partial charge on any atom is 0.324 e. The molecule has 9 nitrogen and oxygen atoms in total. The molecule has 2 atom stereocenters. The molecule has 0 bridgehead atoms. The van der Waals surface area contributed by atoms with Crippen LogP contribution in [0.5, 0.6) is 0 Å². The Morgan fingerprint density at radius 1 is 1.15 bits per heavy atom. The minimum Gasteiger partial charge on any atom is -0.339 e. The van der Waals surface area contributed by atoms with Gasteiger partial charge in [-0.1, -0.05) is 48.0 Å². The second-order valence-electron chi connectivity index (χ2n) is 7.60. The fraction of sp³-hybridized carbons (Fsp3) is 0.174. The van der Waals surface area contributed by atoms with E-state index >= 15 is 0 Å². The predicted molar refractivity (Wildman–Crippen MR) is 127 cm³/mol. The van der Waals surface area contributed by atoms with Gasteiger partial charge in [-0.3, -0.25) is 24.7 Å². The van der Waals surface area contributed by atoms with E-state index in [4.69, 9.17) is 23.2 Å². The van der Waals surface area contributed by atoms with Crippen molar-refractivity contribution in [2.75, 3.05) is 18.4 Å². The van der Waals surface area contributed by atoms with Crippen molar-refractivity contribution in [3.8, 4) is 0 Å². The summed E-state index contributed by atoms with van der Waals surface area (Å²) < 4.78 is 0. The van der Waals surface area contributed by atoms with Crippen LogP contribution in [0, 0.1) is 0 Å². The maximum absolute atomic E-state index is 13.3. The highest BCUT2D eigenvalue weighted by molar-refractivity contribution is 6.33. The Morgan fingerprint density at radius 3 is 2.74 bits per heavy atom. The van der Waals surface area contributed by atoms with E-state index in [1.807, 2.05) is 24.3 Å². The summed E-state index contributed by atoms with van der Waals surface area (Å²) in [7, 11) is 0. The molecule has 2 heterocycles. The molecule has 0 spiro atoms. The Balaban J connectivity index is 1.56. The highest BCUT2D eigenvalue weighted by atomic mass is 35.5. The average molecular weight is 500 g/mol. The molecule has 0 saturated carbocycles. The number of rotatable bonds is 6. The lowest BCUT2D eigenvalue weighted by molar-refractivity contribution is -0.127. The molecule has 1 aliphatic heterocycles. The Labute approximate surface area is 204 Å². The Hall–Kier alpha value is -3.69. The fourth-order valence-corrected chi connectivity index (χ4v) is 3.97. The molecule has 3 aromatic rings. The third-order valence-corrected chi connectivity index (χ3v) is 5.76. The normalized spacial score (nSPS) is 16.6. The van der Waals surface area contributed by atoms with E-state index in [9.17, 15) is 19.2 Å². The predicted octanol–water partition coefficient (Wildman–Crippen LogP) is 2.84. The monoisotopic (exact) mass is 499 g/mol. The summed E-state index contributed by atoms with van der Waals surface area (Å²) in [5.41, 5.74) is 0.920. The minimum absolute atomic E-state index is 0.130. The average Bonchev–Trinajstić information content (AvgIpc) is 2.81. The second-order valence-corrected chi connectivity index (χ2v) is 8.56. The number of nitrogens with one attached hydrogen (secondary N) is 3. The van der Waals surface area contributed by atoms with Crippen molar-refractivity contribution in [2.45, 2.75) is 11.4 Å². The lowest BCUT2D eigenvalue weighted by Crippen LogP contribution is -2.57. The van der Waals surface area contributed by atoms with Crippen LogP contribution in [0.25, 0.3) is 10.8 Å². The largest absolute Gasteiger partial charge is 0.339 e. The number of carbonyl (C=O) groups excluding carboxylic acids is 4. The Bertz CT molecular complexity index is 1280. The first-order chi connectivity index (χ1) is 16.3. The van der Waals surface area contributed by atoms with Crippen molar-refractivity contribution in [3.63, 3.8) is 0 Å². The number of halogens is 2. The molecule has 2 unspecified atom stereocenters. The van der Waals surface area contributed by atoms with Gasteiger partial charge in [0.05, 0.1) is 11.9 Å². The lowest BCUT2D eigenvalue weighted by Gasteiger charge is -2.29. The number of urea groups is 1. The number of imide groups is 1. The third-order valence-electron chi connectivity index (χ3n) is 5.19. The van der Waals surface area contributed by atoms with Gasteiger partial charge in [-0.05, 0) is 17.7 Å². The van der Waals surface area contributed by atoms with Gasteiger partial charge in [0.2, 0.25) is 11.8 Å². The van der Waals surface area contributed by atoms with E-state index in [1.165, 1.54) is 6.20 Å². The van der Waals surface area contributed by atoms with Gasteiger partial charge in [0.25, 0.3) is 5.91 Å². The molecular weight excluding hydrogens is 481 g/mol. The molecule has 4 rings (SSSR count). The number of hydrogen-bond acceptors (Lipinski definition) is 5. The third kappa shape index (κ3) is 5.27. The number of alkyl halides is 1. The van der Waals surface area contributed by atoms with E-state index in [0.717, 1.165) is 15.7 Å². The first-order valence-corrected chi connectivity index (χ1v) is 11.1. The van der Waals surface area contributed by atoms with Crippen molar-refractivity contribution in [3.05, 3.63) is 71.5 Å². The number of pyridine rings is 1. The number of nitrogens with zero attached hydrogens (tertiary/aromatic N) is 2. The van der Waals surface area contributed by atoms with Crippen LogP contribution in [0.2, 0.25) is 5.02 Å². The number of hydrogen-bond donors (Lipinski definition) is 3.